The fourth-order valence-corrected chi connectivity index (χ4v) is 6.54. The van der Waals surface area contributed by atoms with E-state index in [4.69, 9.17) is 15.0 Å². The van der Waals surface area contributed by atoms with Crippen LogP contribution in [0.1, 0.15) is 0 Å². The molecule has 0 aliphatic heterocycles. The molecule has 4 nitrogen and oxygen atoms in total. The van der Waals surface area contributed by atoms with Crippen molar-refractivity contribution in [3.8, 4) is 39.9 Å². The maximum absolute atomic E-state index is 4.96. The Balaban J connectivity index is 1.25. The zero-order chi connectivity index (χ0) is 29.7. The van der Waals surface area contributed by atoms with E-state index in [2.05, 4.69) is 102 Å². The minimum Gasteiger partial charge on any atom is -0.309 e. The summed E-state index contributed by atoms with van der Waals surface area (Å²) >= 11 is 0. The average Bonchev–Trinajstić information content (AvgIpc) is 3.46. The van der Waals surface area contributed by atoms with Gasteiger partial charge in [0.05, 0.1) is 16.7 Å². The van der Waals surface area contributed by atoms with E-state index in [9.17, 15) is 0 Å². The number of para-hydroxylation sites is 1. The summed E-state index contributed by atoms with van der Waals surface area (Å²) in [6.45, 7) is 0. The number of aromatic nitrogens is 4. The van der Waals surface area contributed by atoms with Crippen molar-refractivity contribution in [3.05, 3.63) is 158 Å². The molecule has 0 radical (unpaired) electrons. The van der Waals surface area contributed by atoms with E-state index >= 15 is 0 Å². The minimum atomic E-state index is 0.651. The Labute approximate surface area is 259 Å². The third-order valence-corrected chi connectivity index (χ3v) is 8.62. The molecule has 0 aliphatic carbocycles. The molecule has 0 spiro atoms. The molecule has 9 aromatic rings. The highest BCUT2D eigenvalue weighted by Gasteiger charge is 2.17. The summed E-state index contributed by atoms with van der Waals surface area (Å²) in [6, 6.07) is 55.1. The molecule has 0 N–H and O–H groups in total. The van der Waals surface area contributed by atoms with Gasteiger partial charge in [0.2, 0.25) is 0 Å². The molecule has 45 heavy (non-hydrogen) atoms. The first kappa shape index (κ1) is 25.4. The highest BCUT2D eigenvalue weighted by Crippen LogP contribution is 2.39. The molecule has 9 rings (SSSR count). The summed E-state index contributed by atoms with van der Waals surface area (Å²) in [5.41, 5.74) is 6.40. The molecule has 210 valence electrons. The zero-order valence-electron chi connectivity index (χ0n) is 24.3. The maximum Gasteiger partial charge on any atom is 0.164 e. The van der Waals surface area contributed by atoms with E-state index in [1.807, 2.05) is 60.7 Å². The molecule has 0 unspecified atom stereocenters. The Hall–Kier alpha value is -6.13. The van der Waals surface area contributed by atoms with Crippen molar-refractivity contribution >= 4 is 43.4 Å². The average molecular weight is 575 g/mol. The van der Waals surface area contributed by atoms with Gasteiger partial charge >= 0.3 is 0 Å². The fourth-order valence-electron chi connectivity index (χ4n) is 6.54. The van der Waals surface area contributed by atoms with Crippen LogP contribution in [0.25, 0.3) is 83.2 Å². The van der Waals surface area contributed by atoms with Gasteiger partial charge in [0, 0.05) is 32.8 Å². The van der Waals surface area contributed by atoms with Gasteiger partial charge in [0.1, 0.15) is 0 Å². The first-order valence-corrected chi connectivity index (χ1v) is 15.1. The molecule has 0 saturated heterocycles. The first-order chi connectivity index (χ1) is 22.3. The van der Waals surface area contributed by atoms with E-state index in [0.717, 1.165) is 33.2 Å². The monoisotopic (exact) mass is 574 g/mol. The number of rotatable bonds is 4. The molecule has 0 aliphatic rings. The summed E-state index contributed by atoms with van der Waals surface area (Å²) in [7, 11) is 0. The lowest BCUT2D eigenvalue weighted by molar-refractivity contribution is 1.07. The van der Waals surface area contributed by atoms with Crippen molar-refractivity contribution in [1.29, 1.82) is 0 Å². The van der Waals surface area contributed by atoms with Crippen LogP contribution < -0.4 is 0 Å². The Morgan fingerprint density at radius 1 is 0.356 bits per heavy atom. The van der Waals surface area contributed by atoms with Crippen LogP contribution in [0.2, 0.25) is 0 Å². The molecule has 0 bridgehead atoms. The first-order valence-electron chi connectivity index (χ1n) is 15.1. The van der Waals surface area contributed by atoms with Crippen LogP contribution in [-0.4, -0.2) is 19.5 Å². The molecule has 4 heteroatoms. The van der Waals surface area contributed by atoms with Gasteiger partial charge < -0.3 is 4.57 Å². The van der Waals surface area contributed by atoms with Crippen molar-refractivity contribution in [2.24, 2.45) is 0 Å². The van der Waals surface area contributed by atoms with Crippen LogP contribution in [0.15, 0.2) is 158 Å². The number of benzene rings is 7. The fraction of sp³-hybridized carbons (Fsp3) is 0. The molecular weight excluding hydrogens is 548 g/mol. The molecule has 0 atom stereocenters. The minimum absolute atomic E-state index is 0.651. The second-order valence-corrected chi connectivity index (χ2v) is 11.3. The predicted octanol–water partition coefficient (Wildman–Crippen LogP) is 10.3. The highest BCUT2D eigenvalue weighted by molar-refractivity contribution is 6.21. The molecule has 0 amide bonds. The lowest BCUT2D eigenvalue weighted by Crippen LogP contribution is -2.00. The van der Waals surface area contributed by atoms with E-state index in [1.165, 1.54) is 32.6 Å². The van der Waals surface area contributed by atoms with Crippen molar-refractivity contribution in [2.45, 2.75) is 0 Å². The van der Waals surface area contributed by atoms with Gasteiger partial charge in [-0.15, -0.1) is 0 Å². The van der Waals surface area contributed by atoms with Crippen molar-refractivity contribution in [3.63, 3.8) is 0 Å². The van der Waals surface area contributed by atoms with E-state index in [0.29, 0.717) is 17.5 Å². The second kappa shape index (κ2) is 10.2. The van der Waals surface area contributed by atoms with Gasteiger partial charge in [-0.3, -0.25) is 0 Å². The molecule has 2 aromatic heterocycles. The third kappa shape index (κ3) is 4.19. The molecule has 0 saturated carbocycles. The SMILES string of the molecule is c1ccc(-c2nc(-c3ccccc3)nc(-c3ccc4c(-n5c6ccccc6c6c7ccccc7ccc65)cccc4c3)n2)cc1. The van der Waals surface area contributed by atoms with Crippen LogP contribution in [0.3, 0.4) is 0 Å². The molecular formula is C41H26N4. The lowest BCUT2D eigenvalue weighted by Gasteiger charge is -2.13. The summed E-state index contributed by atoms with van der Waals surface area (Å²) in [5, 5.41) is 7.34. The summed E-state index contributed by atoms with van der Waals surface area (Å²) in [5.74, 6) is 1.97. The topological polar surface area (TPSA) is 43.6 Å². The highest BCUT2D eigenvalue weighted by atomic mass is 15.0. The normalized spacial score (nSPS) is 11.6. The Bertz CT molecular complexity index is 2470. The van der Waals surface area contributed by atoms with Crippen LogP contribution >= 0.6 is 0 Å². The quantitative estimate of drug-likeness (QED) is 0.210. The third-order valence-electron chi connectivity index (χ3n) is 8.62. The molecule has 7 aromatic carbocycles. The number of hydrogen-bond donors (Lipinski definition) is 0. The van der Waals surface area contributed by atoms with E-state index in [1.54, 1.807) is 0 Å². The van der Waals surface area contributed by atoms with Crippen LogP contribution in [0.4, 0.5) is 0 Å². The van der Waals surface area contributed by atoms with Gasteiger partial charge in [-0.2, -0.15) is 0 Å². The van der Waals surface area contributed by atoms with Crippen LogP contribution in [-0.2, 0) is 0 Å². The van der Waals surface area contributed by atoms with Crippen molar-refractivity contribution in [2.75, 3.05) is 0 Å². The van der Waals surface area contributed by atoms with Gasteiger partial charge in [-0.05, 0) is 40.4 Å². The molecule has 0 fully saturated rings. The number of hydrogen-bond acceptors (Lipinski definition) is 3. The smallest absolute Gasteiger partial charge is 0.164 e. The Kier molecular flexibility index (Phi) is 5.78. The summed E-state index contributed by atoms with van der Waals surface area (Å²) in [6.07, 6.45) is 0. The zero-order valence-corrected chi connectivity index (χ0v) is 24.3. The van der Waals surface area contributed by atoms with Crippen LogP contribution in [0.5, 0.6) is 0 Å². The maximum atomic E-state index is 4.96. The largest absolute Gasteiger partial charge is 0.309 e. The summed E-state index contributed by atoms with van der Waals surface area (Å²) < 4.78 is 2.41. The standard InChI is InChI=1S/C41H26N4/c1-3-13-28(14-4-1)39-42-40(29-15-5-2-6-16-29)44-41(43-39)31-22-24-32-30(26-31)17-11-21-35(32)45-36-20-10-9-19-34(36)38-33-18-8-7-12-27(33)23-25-37(38)45/h1-26H. The van der Waals surface area contributed by atoms with Gasteiger partial charge in [0.15, 0.2) is 17.5 Å². The number of fused-ring (bicyclic) bond motifs is 6. The van der Waals surface area contributed by atoms with E-state index < -0.39 is 0 Å². The number of nitrogens with zero attached hydrogens (tertiary/aromatic N) is 4. The van der Waals surface area contributed by atoms with E-state index in [-0.39, 0.29) is 0 Å². The summed E-state index contributed by atoms with van der Waals surface area (Å²) in [4.78, 5) is 14.8. The van der Waals surface area contributed by atoms with Crippen molar-refractivity contribution < 1.29 is 0 Å². The predicted molar refractivity (Wildman–Crippen MR) is 185 cm³/mol. The van der Waals surface area contributed by atoms with Gasteiger partial charge in [-0.1, -0.05) is 133 Å². The lowest BCUT2D eigenvalue weighted by atomic mass is 10.0. The van der Waals surface area contributed by atoms with Crippen molar-refractivity contribution in [1.82, 2.24) is 19.5 Å². The van der Waals surface area contributed by atoms with Crippen LogP contribution in [0, 0.1) is 0 Å². The van der Waals surface area contributed by atoms with Gasteiger partial charge in [-0.25, -0.2) is 15.0 Å². The van der Waals surface area contributed by atoms with Gasteiger partial charge in [0.25, 0.3) is 0 Å². The Morgan fingerprint density at radius 2 is 0.956 bits per heavy atom. The Morgan fingerprint density at radius 3 is 1.69 bits per heavy atom. The second-order valence-electron chi connectivity index (χ2n) is 11.3. The molecule has 2 heterocycles.